The van der Waals surface area contributed by atoms with Crippen LogP contribution in [0.15, 0.2) is 92.8 Å². The number of nitrogens with zero attached hydrogens (tertiary/aromatic N) is 3. The topological polar surface area (TPSA) is 45.0 Å². The summed E-state index contributed by atoms with van der Waals surface area (Å²) in [5, 5.41) is 7.01. The predicted octanol–water partition coefficient (Wildman–Crippen LogP) is 5.42. The molecule has 7 heteroatoms. The molecule has 154 valence electrons. The van der Waals surface area contributed by atoms with E-state index in [4.69, 9.17) is 28.1 Å². The molecule has 0 spiro atoms. The third kappa shape index (κ3) is 4.24. The fraction of sp³-hybridized carbons (Fsp3) is 0.217. The molecule has 30 heavy (non-hydrogen) atoms. The molecular formula is C23H22Cl2N3OP. The summed E-state index contributed by atoms with van der Waals surface area (Å²) >= 11 is 12.1. The zero-order valence-corrected chi connectivity index (χ0v) is 18.8. The van der Waals surface area contributed by atoms with Gasteiger partial charge in [0, 0.05) is 23.7 Å². The predicted molar refractivity (Wildman–Crippen MR) is 127 cm³/mol. The second-order valence-corrected chi connectivity index (χ2v) is 11.0. The minimum Gasteiger partial charge on any atom is -0.287 e. The van der Waals surface area contributed by atoms with Gasteiger partial charge in [-0.3, -0.25) is 9.46 Å². The summed E-state index contributed by atoms with van der Waals surface area (Å²) < 4.78 is 2.50. The van der Waals surface area contributed by atoms with Crippen molar-refractivity contribution in [2.24, 2.45) is 9.96 Å². The Balaban J connectivity index is 1.96. The van der Waals surface area contributed by atoms with Crippen molar-refractivity contribution in [3.63, 3.8) is 0 Å². The number of Topliss-reactive ketones (excluding diaryl/α,β-unsaturated/α-hetero) is 1. The summed E-state index contributed by atoms with van der Waals surface area (Å²) in [4.78, 5) is 16.9. The molecule has 1 aliphatic carbocycles. The van der Waals surface area contributed by atoms with Crippen LogP contribution in [0.2, 0.25) is 0 Å². The van der Waals surface area contributed by atoms with Crippen molar-refractivity contribution in [3.05, 3.63) is 82.9 Å². The van der Waals surface area contributed by atoms with Crippen molar-refractivity contribution >= 4 is 52.5 Å². The fourth-order valence-corrected chi connectivity index (χ4v) is 7.81. The van der Waals surface area contributed by atoms with Gasteiger partial charge >= 0.3 is 0 Å². The molecule has 0 atom stereocenters. The molecular weight excluding hydrogens is 436 g/mol. The first-order chi connectivity index (χ1) is 14.6. The largest absolute Gasteiger partial charge is 0.287 e. The maximum atomic E-state index is 11.9. The number of carbonyl (C=O) groups excluding carboxylic acids is 1. The van der Waals surface area contributed by atoms with Crippen LogP contribution in [0, 0.1) is 0 Å². The Morgan fingerprint density at radius 2 is 1.27 bits per heavy atom. The van der Waals surface area contributed by atoms with E-state index >= 15 is 0 Å². The molecule has 1 heterocycles. The summed E-state index contributed by atoms with van der Waals surface area (Å²) in [6, 6.07) is 20.8. The molecule has 1 fully saturated rings. The second-order valence-electron chi connectivity index (χ2n) is 7.21. The zero-order chi connectivity index (χ0) is 21.0. The van der Waals surface area contributed by atoms with Gasteiger partial charge in [0.05, 0.1) is 15.8 Å². The van der Waals surface area contributed by atoms with Gasteiger partial charge in [0.15, 0.2) is 0 Å². The van der Waals surface area contributed by atoms with E-state index in [0.717, 1.165) is 36.5 Å². The monoisotopic (exact) mass is 457 g/mol. The number of piperidine rings is 1. The maximum absolute atomic E-state index is 11.9. The Morgan fingerprint density at radius 1 is 0.767 bits per heavy atom. The van der Waals surface area contributed by atoms with E-state index in [1.165, 1.54) is 18.6 Å². The Morgan fingerprint density at radius 3 is 1.77 bits per heavy atom. The number of halogens is 2. The highest BCUT2D eigenvalue weighted by Crippen LogP contribution is 2.52. The van der Waals surface area contributed by atoms with Gasteiger partial charge in [-0.05, 0) is 25.0 Å². The standard InChI is InChI=1S/C23H22Cl2N3OP/c24-21-16-18(17-22(25)23(21)29)26-27-30(19-10-4-1-5-11-19,20-12-6-2-7-13-20)28-14-8-3-9-15-28/h1-2,4-7,10-13,16-17H,3,8-9,14-15H2. The fourth-order valence-electron chi connectivity index (χ4n) is 3.79. The molecule has 0 amide bonds. The van der Waals surface area contributed by atoms with E-state index in [-0.39, 0.29) is 15.8 Å². The highest BCUT2D eigenvalue weighted by molar-refractivity contribution is 7.78. The van der Waals surface area contributed by atoms with Crippen LogP contribution < -0.4 is 10.6 Å². The smallest absolute Gasteiger partial charge is 0.215 e. The molecule has 0 bridgehead atoms. The van der Waals surface area contributed by atoms with Gasteiger partial charge in [-0.15, -0.1) is 4.85 Å². The minimum absolute atomic E-state index is 0.0535. The third-order valence-corrected chi connectivity index (χ3v) is 9.41. The lowest BCUT2D eigenvalue weighted by Crippen LogP contribution is -2.36. The molecule has 0 N–H and O–H groups in total. The van der Waals surface area contributed by atoms with Crippen molar-refractivity contribution in [3.8, 4) is 0 Å². The van der Waals surface area contributed by atoms with E-state index < -0.39 is 7.21 Å². The molecule has 4 rings (SSSR count). The van der Waals surface area contributed by atoms with Gasteiger partial charge in [-0.25, -0.2) is 0 Å². The molecule has 0 aromatic heterocycles. The Bertz CT molecular complexity index is 1000. The van der Waals surface area contributed by atoms with Gasteiger partial charge in [0.1, 0.15) is 7.21 Å². The van der Waals surface area contributed by atoms with Gasteiger partial charge in [-0.2, -0.15) is 5.10 Å². The normalized spacial score (nSPS) is 17.9. The number of hydrogen-bond donors (Lipinski definition) is 0. The number of allylic oxidation sites excluding steroid dienone is 4. The Hall–Kier alpha value is -1.97. The Labute approximate surface area is 187 Å². The molecule has 2 aromatic carbocycles. The average molecular weight is 458 g/mol. The number of benzene rings is 2. The summed E-state index contributed by atoms with van der Waals surface area (Å²) in [7, 11) is -2.36. The van der Waals surface area contributed by atoms with Crippen molar-refractivity contribution in [1.29, 1.82) is 0 Å². The van der Waals surface area contributed by atoms with E-state index in [1.54, 1.807) is 0 Å². The number of rotatable bonds is 4. The first-order valence-electron chi connectivity index (χ1n) is 9.96. The SMILES string of the molecule is O=C1C(Cl)=CC(=NN=P(c2ccccc2)(c2ccccc2)N2CCCCC2)C=C1Cl. The van der Waals surface area contributed by atoms with Gasteiger partial charge in [0.25, 0.3) is 0 Å². The summed E-state index contributed by atoms with van der Waals surface area (Å²) in [5.41, 5.74) is 0.484. The molecule has 1 saturated heterocycles. The molecule has 4 nitrogen and oxygen atoms in total. The van der Waals surface area contributed by atoms with Gasteiger partial charge in [0.2, 0.25) is 5.78 Å². The van der Waals surface area contributed by atoms with Crippen molar-refractivity contribution in [1.82, 2.24) is 4.67 Å². The highest BCUT2D eigenvalue weighted by atomic mass is 35.5. The summed E-state index contributed by atoms with van der Waals surface area (Å²) in [6.45, 7) is 1.94. The van der Waals surface area contributed by atoms with E-state index in [2.05, 4.69) is 34.0 Å². The maximum Gasteiger partial charge on any atom is 0.215 e. The lowest BCUT2D eigenvalue weighted by molar-refractivity contribution is -0.111. The molecule has 0 saturated carbocycles. The molecule has 0 unspecified atom stereocenters. The van der Waals surface area contributed by atoms with E-state index in [9.17, 15) is 4.79 Å². The molecule has 2 aromatic rings. The molecule has 1 aliphatic heterocycles. The van der Waals surface area contributed by atoms with Crippen LogP contribution in [-0.4, -0.2) is 29.3 Å². The quantitative estimate of drug-likeness (QED) is 0.349. The van der Waals surface area contributed by atoms with Crippen LogP contribution in [0.5, 0.6) is 0 Å². The number of ketones is 1. The molecule has 2 aliphatic rings. The first-order valence-corrected chi connectivity index (χ1v) is 12.4. The number of hydrogen-bond acceptors (Lipinski definition) is 2. The van der Waals surface area contributed by atoms with Crippen LogP contribution in [0.25, 0.3) is 0 Å². The Kier molecular flexibility index (Phi) is 6.70. The van der Waals surface area contributed by atoms with Crippen LogP contribution in [0.1, 0.15) is 19.3 Å². The van der Waals surface area contributed by atoms with Crippen molar-refractivity contribution in [2.45, 2.75) is 19.3 Å². The average Bonchev–Trinajstić information content (AvgIpc) is 2.80. The van der Waals surface area contributed by atoms with Gasteiger partial charge in [-0.1, -0.05) is 90.3 Å². The zero-order valence-electron chi connectivity index (χ0n) is 16.4. The van der Waals surface area contributed by atoms with E-state index in [0.29, 0.717) is 5.71 Å². The first kappa shape index (κ1) is 21.3. The highest BCUT2D eigenvalue weighted by Gasteiger charge is 2.33. The molecule has 0 radical (unpaired) electrons. The lowest BCUT2D eigenvalue weighted by atomic mass is 10.1. The second kappa shape index (κ2) is 9.45. The van der Waals surface area contributed by atoms with Crippen LogP contribution >= 0.6 is 30.4 Å². The van der Waals surface area contributed by atoms with Crippen molar-refractivity contribution in [2.75, 3.05) is 13.1 Å². The van der Waals surface area contributed by atoms with Crippen molar-refractivity contribution < 1.29 is 4.79 Å². The number of carbonyl (C=O) groups is 1. The summed E-state index contributed by atoms with van der Waals surface area (Å²) in [5.74, 6) is -0.388. The van der Waals surface area contributed by atoms with E-state index in [1.807, 2.05) is 36.4 Å². The van der Waals surface area contributed by atoms with Gasteiger partial charge < -0.3 is 0 Å². The van der Waals surface area contributed by atoms with Crippen LogP contribution in [-0.2, 0) is 4.79 Å². The summed E-state index contributed by atoms with van der Waals surface area (Å²) in [6.07, 6.45) is 6.56. The van der Waals surface area contributed by atoms with Crippen LogP contribution in [0.4, 0.5) is 0 Å². The third-order valence-electron chi connectivity index (χ3n) is 5.25. The van der Waals surface area contributed by atoms with Crippen LogP contribution in [0.3, 0.4) is 0 Å². The lowest BCUT2D eigenvalue weighted by Gasteiger charge is -2.38. The minimum atomic E-state index is -2.36.